The van der Waals surface area contributed by atoms with E-state index < -0.39 is 6.10 Å². The molecule has 0 fully saturated rings. The van der Waals surface area contributed by atoms with Crippen molar-refractivity contribution in [3.05, 3.63) is 70.9 Å². The summed E-state index contributed by atoms with van der Waals surface area (Å²) in [5.74, 6) is 0. The number of benzene rings is 2. The molecule has 0 aliphatic rings. The van der Waals surface area contributed by atoms with Crippen LogP contribution < -0.4 is 0 Å². The molecule has 1 aromatic heterocycles. The lowest BCUT2D eigenvalue weighted by Crippen LogP contribution is -2.00. The number of hydrogen-bond acceptors (Lipinski definition) is 1. The lowest BCUT2D eigenvalue weighted by molar-refractivity contribution is 0.222. The normalized spacial score (nSPS) is 12.8. The molecule has 0 bridgehead atoms. The second-order valence-electron chi connectivity index (χ2n) is 4.21. The van der Waals surface area contributed by atoms with Crippen LogP contribution in [0, 0.1) is 0 Å². The van der Waals surface area contributed by atoms with E-state index in [1.165, 1.54) is 0 Å². The Hall–Kier alpha value is -1.77. The first-order valence-electron chi connectivity index (χ1n) is 5.76. The highest BCUT2D eigenvalue weighted by Crippen LogP contribution is 2.31. The summed E-state index contributed by atoms with van der Waals surface area (Å²) in [6.45, 7) is 0. The SMILES string of the molecule is OC(c1ccccc1Cl)c1cccc2[nH]ccc12. The molecule has 0 saturated heterocycles. The molecule has 1 atom stereocenters. The van der Waals surface area contributed by atoms with Gasteiger partial charge in [-0.2, -0.15) is 0 Å². The molecule has 2 N–H and O–H groups in total. The molecule has 0 aliphatic carbocycles. The fraction of sp³-hybridized carbons (Fsp3) is 0.0667. The van der Waals surface area contributed by atoms with Crippen LogP contribution in [0.2, 0.25) is 5.02 Å². The number of fused-ring (bicyclic) bond motifs is 1. The van der Waals surface area contributed by atoms with Gasteiger partial charge in [-0.25, -0.2) is 0 Å². The zero-order valence-electron chi connectivity index (χ0n) is 9.60. The van der Waals surface area contributed by atoms with Gasteiger partial charge in [0, 0.05) is 27.7 Å². The van der Waals surface area contributed by atoms with Crippen molar-refractivity contribution in [2.24, 2.45) is 0 Å². The Labute approximate surface area is 110 Å². The number of halogens is 1. The molecule has 0 radical (unpaired) electrons. The largest absolute Gasteiger partial charge is 0.384 e. The van der Waals surface area contributed by atoms with Crippen LogP contribution >= 0.6 is 11.6 Å². The molecule has 3 aromatic rings. The van der Waals surface area contributed by atoms with Crippen LogP contribution in [0.4, 0.5) is 0 Å². The van der Waals surface area contributed by atoms with E-state index >= 15 is 0 Å². The van der Waals surface area contributed by atoms with Crippen molar-refractivity contribution in [2.45, 2.75) is 6.10 Å². The highest BCUT2D eigenvalue weighted by Gasteiger charge is 2.16. The molecule has 0 saturated carbocycles. The molecule has 1 unspecified atom stereocenters. The molecule has 2 aromatic carbocycles. The van der Waals surface area contributed by atoms with Crippen molar-refractivity contribution in [1.82, 2.24) is 4.98 Å². The van der Waals surface area contributed by atoms with Crippen LogP contribution in [0.25, 0.3) is 10.9 Å². The molecule has 90 valence electrons. The summed E-state index contributed by atoms with van der Waals surface area (Å²) in [6.07, 6.45) is 1.16. The molecule has 0 amide bonds. The maximum Gasteiger partial charge on any atom is 0.106 e. The monoisotopic (exact) mass is 257 g/mol. The van der Waals surface area contributed by atoms with Crippen LogP contribution in [0.5, 0.6) is 0 Å². The maximum absolute atomic E-state index is 10.5. The summed E-state index contributed by atoms with van der Waals surface area (Å²) < 4.78 is 0. The fourth-order valence-corrected chi connectivity index (χ4v) is 2.45. The van der Waals surface area contributed by atoms with Gasteiger partial charge in [0.05, 0.1) is 0 Å². The third-order valence-corrected chi connectivity index (χ3v) is 3.47. The topological polar surface area (TPSA) is 36.0 Å². The van der Waals surface area contributed by atoms with E-state index in [9.17, 15) is 5.11 Å². The molecule has 3 heteroatoms. The van der Waals surface area contributed by atoms with E-state index in [0.29, 0.717) is 5.02 Å². The number of rotatable bonds is 2. The Kier molecular flexibility index (Phi) is 2.82. The molecule has 18 heavy (non-hydrogen) atoms. The summed E-state index contributed by atoms with van der Waals surface area (Å²) in [6, 6.07) is 15.2. The van der Waals surface area contributed by atoms with Crippen molar-refractivity contribution in [1.29, 1.82) is 0 Å². The maximum atomic E-state index is 10.5. The Balaban J connectivity index is 2.15. The Morgan fingerprint density at radius 3 is 2.56 bits per heavy atom. The van der Waals surface area contributed by atoms with E-state index in [-0.39, 0.29) is 0 Å². The molecule has 3 rings (SSSR count). The molecule has 0 spiro atoms. The lowest BCUT2D eigenvalue weighted by atomic mass is 9.98. The number of hydrogen-bond donors (Lipinski definition) is 2. The van der Waals surface area contributed by atoms with E-state index in [0.717, 1.165) is 22.0 Å². The van der Waals surface area contributed by atoms with Crippen LogP contribution in [0.3, 0.4) is 0 Å². The molecular weight excluding hydrogens is 246 g/mol. The van der Waals surface area contributed by atoms with Crippen molar-refractivity contribution < 1.29 is 5.11 Å². The Morgan fingerprint density at radius 1 is 0.944 bits per heavy atom. The van der Waals surface area contributed by atoms with Gasteiger partial charge in [0.15, 0.2) is 0 Å². The van der Waals surface area contributed by atoms with Crippen molar-refractivity contribution in [3.63, 3.8) is 0 Å². The average Bonchev–Trinajstić information content (AvgIpc) is 2.86. The van der Waals surface area contributed by atoms with E-state index in [1.807, 2.05) is 48.7 Å². The highest BCUT2D eigenvalue weighted by molar-refractivity contribution is 6.31. The number of aliphatic hydroxyl groups excluding tert-OH is 1. The second-order valence-corrected chi connectivity index (χ2v) is 4.62. The van der Waals surface area contributed by atoms with E-state index in [2.05, 4.69) is 4.98 Å². The predicted molar refractivity (Wildman–Crippen MR) is 73.8 cm³/mol. The van der Waals surface area contributed by atoms with Gasteiger partial charge < -0.3 is 10.1 Å². The Bertz CT molecular complexity index is 690. The number of H-pyrrole nitrogens is 1. The summed E-state index contributed by atoms with van der Waals surface area (Å²) >= 11 is 6.13. The zero-order valence-corrected chi connectivity index (χ0v) is 10.4. The van der Waals surface area contributed by atoms with Crippen LogP contribution in [-0.4, -0.2) is 10.1 Å². The first-order chi connectivity index (χ1) is 8.77. The average molecular weight is 258 g/mol. The summed E-state index contributed by atoms with van der Waals surface area (Å²) in [5.41, 5.74) is 2.60. The Morgan fingerprint density at radius 2 is 1.72 bits per heavy atom. The third kappa shape index (κ3) is 1.80. The number of nitrogens with one attached hydrogen (secondary N) is 1. The van der Waals surface area contributed by atoms with Gasteiger partial charge in [0.2, 0.25) is 0 Å². The van der Waals surface area contributed by atoms with Gasteiger partial charge in [-0.15, -0.1) is 0 Å². The summed E-state index contributed by atoms with van der Waals surface area (Å²) in [5, 5.41) is 12.1. The molecular formula is C15H12ClNO. The fourth-order valence-electron chi connectivity index (χ4n) is 2.21. The number of aromatic amines is 1. The molecule has 2 nitrogen and oxygen atoms in total. The highest BCUT2D eigenvalue weighted by atomic mass is 35.5. The number of aromatic nitrogens is 1. The van der Waals surface area contributed by atoms with Crippen molar-refractivity contribution in [3.8, 4) is 0 Å². The van der Waals surface area contributed by atoms with Crippen molar-refractivity contribution >= 4 is 22.5 Å². The van der Waals surface area contributed by atoms with Gasteiger partial charge in [-0.1, -0.05) is 41.9 Å². The minimum atomic E-state index is -0.710. The lowest BCUT2D eigenvalue weighted by Gasteiger charge is -2.14. The molecule has 0 aliphatic heterocycles. The predicted octanol–water partition coefficient (Wildman–Crippen LogP) is 3.90. The minimum Gasteiger partial charge on any atom is -0.384 e. The van der Waals surface area contributed by atoms with Gasteiger partial charge >= 0.3 is 0 Å². The summed E-state index contributed by atoms with van der Waals surface area (Å²) in [7, 11) is 0. The zero-order chi connectivity index (χ0) is 12.5. The van der Waals surface area contributed by atoms with Gasteiger partial charge in [-0.3, -0.25) is 0 Å². The number of aliphatic hydroxyl groups is 1. The smallest absolute Gasteiger partial charge is 0.106 e. The summed E-state index contributed by atoms with van der Waals surface area (Å²) in [4.78, 5) is 3.14. The first kappa shape index (κ1) is 11.3. The van der Waals surface area contributed by atoms with Crippen LogP contribution in [0.15, 0.2) is 54.7 Å². The first-order valence-corrected chi connectivity index (χ1v) is 6.13. The standard InChI is InChI=1S/C15H12ClNO/c16-13-6-2-1-4-12(13)15(18)11-5-3-7-14-10(11)8-9-17-14/h1-9,15,17-18H. The van der Waals surface area contributed by atoms with Gasteiger partial charge in [0.25, 0.3) is 0 Å². The van der Waals surface area contributed by atoms with E-state index in [1.54, 1.807) is 6.07 Å². The quantitative estimate of drug-likeness (QED) is 0.718. The molecule has 1 heterocycles. The van der Waals surface area contributed by atoms with E-state index in [4.69, 9.17) is 11.6 Å². The third-order valence-electron chi connectivity index (χ3n) is 3.12. The van der Waals surface area contributed by atoms with Gasteiger partial charge in [-0.05, 0) is 23.8 Å². The van der Waals surface area contributed by atoms with Crippen LogP contribution in [0.1, 0.15) is 17.2 Å². The van der Waals surface area contributed by atoms with Gasteiger partial charge in [0.1, 0.15) is 6.10 Å². The van der Waals surface area contributed by atoms with Crippen LogP contribution in [-0.2, 0) is 0 Å². The minimum absolute atomic E-state index is 0.581. The van der Waals surface area contributed by atoms with Crippen molar-refractivity contribution in [2.75, 3.05) is 0 Å². The second kappa shape index (κ2) is 4.48.